The van der Waals surface area contributed by atoms with Crippen molar-refractivity contribution in [2.24, 2.45) is 16.1 Å². The van der Waals surface area contributed by atoms with E-state index in [1.807, 2.05) is 43.4 Å². The highest BCUT2D eigenvalue weighted by atomic mass is 15.4. The Morgan fingerprint density at radius 3 is 2.69 bits per heavy atom. The van der Waals surface area contributed by atoms with Gasteiger partial charge in [-0.05, 0) is 36.1 Å². The van der Waals surface area contributed by atoms with E-state index in [0.717, 1.165) is 28.8 Å². The van der Waals surface area contributed by atoms with Gasteiger partial charge in [-0.2, -0.15) is 15.2 Å². The van der Waals surface area contributed by atoms with Crippen molar-refractivity contribution in [1.82, 2.24) is 9.97 Å². The number of nitrogens with two attached hydrogens (primary N) is 3. The van der Waals surface area contributed by atoms with Gasteiger partial charge in [-0.3, -0.25) is 5.01 Å². The van der Waals surface area contributed by atoms with Crippen LogP contribution in [0.3, 0.4) is 0 Å². The first-order valence-corrected chi connectivity index (χ1v) is 8.20. The largest absolute Gasteiger partial charge is 0.394 e. The maximum absolute atomic E-state index is 6.28. The van der Waals surface area contributed by atoms with Crippen LogP contribution < -0.4 is 22.3 Å². The lowest BCUT2D eigenvalue weighted by molar-refractivity contribution is 0.830. The van der Waals surface area contributed by atoms with Gasteiger partial charge in [0.1, 0.15) is 5.69 Å². The molecule has 2 aromatic rings. The van der Waals surface area contributed by atoms with Crippen LogP contribution in [0, 0.1) is 6.92 Å². The summed E-state index contributed by atoms with van der Waals surface area (Å²) >= 11 is 0. The van der Waals surface area contributed by atoms with Gasteiger partial charge in [-0.15, -0.1) is 0 Å². The molecule has 134 valence electrons. The molecule has 0 aliphatic heterocycles. The fourth-order valence-electron chi connectivity index (χ4n) is 2.87. The molecular formula is C18H22N8. The first-order valence-electron chi connectivity index (χ1n) is 8.20. The van der Waals surface area contributed by atoms with Crippen molar-refractivity contribution in [1.29, 1.82) is 0 Å². The molecule has 26 heavy (non-hydrogen) atoms. The summed E-state index contributed by atoms with van der Waals surface area (Å²) < 4.78 is 0. The second kappa shape index (κ2) is 7.32. The number of azo groups is 1. The molecule has 1 aliphatic carbocycles. The number of anilines is 3. The van der Waals surface area contributed by atoms with Crippen LogP contribution >= 0.6 is 0 Å². The van der Waals surface area contributed by atoms with E-state index in [4.69, 9.17) is 17.3 Å². The SMILES string of the molecule is CN=Nc1ccc(CN(N)c2nc(N)nc(C3=CC=CC3)c2N)cc1C. The number of allylic oxidation sites excluding steroid dienone is 4. The third kappa shape index (κ3) is 3.55. The van der Waals surface area contributed by atoms with Crippen molar-refractivity contribution in [2.75, 3.05) is 23.5 Å². The molecule has 6 N–H and O–H groups in total. The third-order valence-electron chi connectivity index (χ3n) is 4.11. The van der Waals surface area contributed by atoms with Crippen LogP contribution in [-0.4, -0.2) is 17.0 Å². The van der Waals surface area contributed by atoms with Gasteiger partial charge in [0, 0.05) is 7.05 Å². The first kappa shape index (κ1) is 17.6. The van der Waals surface area contributed by atoms with Crippen molar-refractivity contribution in [3.05, 3.63) is 53.2 Å². The molecule has 1 aromatic heterocycles. The zero-order valence-corrected chi connectivity index (χ0v) is 14.8. The Morgan fingerprint density at radius 1 is 1.23 bits per heavy atom. The molecule has 1 aromatic carbocycles. The number of hydrogen-bond acceptors (Lipinski definition) is 8. The highest BCUT2D eigenvalue weighted by Gasteiger charge is 2.18. The van der Waals surface area contributed by atoms with Gasteiger partial charge in [-0.25, -0.2) is 10.8 Å². The molecule has 0 radical (unpaired) electrons. The van der Waals surface area contributed by atoms with Gasteiger partial charge >= 0.3 is 0 Å². The number of aryl methyl sites for hydroxylation is 1. The maximum Gasteiger partial charge on any atom is 0.222 e. The molecule has 0 atom stereocenters. The van der Waals surface area contributed by atoms with Gasteiger partial charge in [0.2, 0.25) is 5.95 Å². The highest BCUT2D eigenvalue weighted by Crippen LogP contribution is 2.32. The average molecular weight is 350 g/mol. The topological polar surface area (TPSA) is 132 Å². The second-order valence-corrected chi connectivity index (χ2v) is 6.04. The van der Waals surface area contributed by atoms with Gasteiger partial charge in [0.05, 0.1) is 17.9 Å². The summed E-state index contributed by atoms with van der Waals surface area (Å²) in [7, 11) is 1.64. The Bertz CT molecular complexity index is 914. The molecule has 8 nitrogen and oxygen atoms in total. The Morgan fingerprint density at radius 2 is 2.04 bits per heavy atom. The van der Waals surface area contributed by atoms with Crippen molar-refractivity contribution < 1.29 is 0 Å². The fourth-order valence-corrected chi connectivity index (χ4v) is 2.87. The highest BCUT2D eigenvalue weighted by molar-refractivity contribution is 5.82. The van der Waals surface area contributed by atoms with Crippen LogP contribution in [0.15, 0.2) is 46.7 Å². The number of nitrogens with zero attached hydrogens (tertiary/aromatic N) is 5. The van der Waals surface area contributed by atoms with Crippen LogP contribution in [0.2, 0.25) is 0 Å². The molecular weight excluding hydrogens is 328 g/mol. The summed E-state index contributed by atoms with van der Waals surface area (Å²) in [6.07, 6.45) is 6.72. The minimum atomic E-state index is 0.141. The zero-order valence-electron chi connectivity index (χ0n) is 14.8. The standard InChI is InChI=1S/C18H22N8/c1-11-9-12(7-8-14(11)25-22-2)10-26(21)17-15(19)16(23-18(20)24-17)13-5-3-4-6-13/h3-5,7-9H,6,10,19,21H2,1-2H3,(H2,20,23,24). The minimum Gasteiger partial charge on any atom is -0.394 e. The lowest BCUT2D eigenvalue weighted by atomic mass is 10.1. The number of hydrogen-bond donors (Lipinski definition) is 3. The quantitative estimate of drug-likeness (QED) is 0.431. The zero-order chi connectivity index (χ0) is 18.7. The lowest BCUT2D eigenvalue weighted by Gasteiger charge is -2.21. The Labute approximate surface area is 152 Å². The average Bonchev–Trinajstić information content (AvgIpc) is 3.13. The molecule has 0 bridgehead atoms. The van der Waals surface area contributed by atoms with E-state index in [2.05, 4.69) is 20.2 Å². The minimum absolute atomic E-state index is 0.141. The Kier molecular flexibility index (Phi) is 4.94. The van der Waals surface area contributed by atoms with Crippen LogP contribution in [0.1, 0.15) is 23.2 Å². The summed E-state index contributed by atoms with van der Waals surface area (Å²) in [4.78, 5) is 8.51. The number of hydrazine groups is 1. The molecule has 0 saturated heterocycles. The van der Waals surface area contributed by atoms with Gasteiger partial charge < -0.3 is 11.5 Å². The second-order valence-electron chi connectivity index (χ2n) is 6.04. The summed E-state index contributed by atoms with van der Waals surface area (Å²) in [5, 5.41) is 9.36. The van der Waals surface area contributed by atoms with E-state index in [1.54, 1.807) is 7.05 Å². The fraction of sp³-hybridized carbons (Fsp3) is 0.222. The number of aromatic nitrogens is 2. The molecule has 0 amide bonds. The Balaban J connectivity index is 1.88. The van der Waals surface area contributed by atoms with Crippen molar-refractivity contribution >= 4 is 28.7 Å². The molecule has 0 spiro atoms. The molecule has 0 fully saturated rings. The third-order valence-corrected chi connectivity index (χ3v) is 4.11. The summed E-state index contributed by atoms with van der Waals surface area (Å²) in [6, 6.07) is 5.86. The van der Waals surface area contributed by atoms with Crippen molar-refractivity contribution in [3.8, 4) is 0 Å². The lowest BCUT2D eigenvalue weighted by Crippen LogP contribution is -2.32. The van der Waals surface area contributed by atoms with Crippen LogP contribution in [0.4, 0.5) is 23.1 Å². The van der Waals surface area contributed by atoms with Gasteiger partial charge in [0.25, 0.3) is 0 Å². The normalized spacial score (nSPS) is 13.4. The number of nitrogen functional groups attached to an aromatic ring is 2. The van der Waals surface area contributed by atoms with Crippen LogP contribution in [0.25, 0.3) is 5.57 Å². The Hall–Kier alpha value is -3.26. The van der Waals surface area contributed by atoms with E-state index >= 15 is 0 Å². The predicted octanol–water partition coefficient (Wildman–Crippen LogP) is 2.89. The monoisotopic (exact) mass is 350 g/mol. The molecule has 1 aliphatic rings. The maximum atomic E-state index is 6.28. The molecule has 1 heterocycles. The number of benzene rings is 1. The van der Waals surface area contributed by atoms with E-state index in [9.17, 15) is 0 Å². The number of rotatable bonds is 5. The summed E-state index contributed by atoms with van der Waals surface area (Å²) in [6.45, 7) is 2.39. The van der Waals surface area contributed by atoms with Gasteiger partial charge in [0.15, 0.2) is 5.82 Å². The smallest absolute Gasteiger partial charge is 0.222 e. The van der Waals surface area contributed by atoms with E-state index in [0.29, 0.717) is 23.7 Å². The van der Waals surface area contributed by atoms with Crippen molar-refractivity contribution in [2.45, 2.75) is 19.9 Å². The van der Waals surface area contributed by atoms with Crippen molar-refractivity contribution in [3.63, 3.8) is 0 Å². The molecule has 8 heteroatoms. The van der Waals surface area contributed by atoms with Crippen LogP contribution in [0.5, 0.6) is 0 Å². The molecule has 3 rings (SSSR count). The first-order chi connectivity index (χ1) is 12.5. The van der Waals surface area contributed by atoms with E-state index in [1.165, 1.54) is 5.01 Å². The molecule has 0 saturated carbocycles. The van der Waals surface area contributed by atoms with Crippen LogP contribution in [-0.2, 0) is 6.54 Å². The van der Waals surface area contributed by atoms with E-state index < -0.39 is 0 Å². The summed E-state index contributed by atoms with van der Waals surface area (Å²) in [5.74, 6) is 6.79. The van der Waals surface area contributed by atoms with E-state index in [-0.39, 0.29) is 5.95 Å². The molecule has 0 unspecified atom stereocenters. The van der Waals surface area contributed by atoms with Gasteiger partial charge in [-0.1, -0.05) is 30.4 Å². The summed E-state index contributed by atoms with van der Waals surface area (Å²) in [5.41, 5.74) is 17.0. The predicted molar refractivity (Wildman–Crippen MR) is 105 cm³/mol.